The van der Waals surface area contributed by atoms with Gasteiger partial charge in [-0.15, -0.1) is 0 Å². The minimum Gasteiger partial charge on any atom is -0.481 e. The topological polar surface area (TPSA) is 79.9 Å². The van der Waals surface area contributed by atoms with Crippen molar-refractivity contribution in [3.05, 3.63) is 59.5 Å². The van der Waals surface area contributed by atoms with Crippen molar-refractivity contribution >= 4 is 11.7 Å². The Kier molecular flexibility index (Phi) is 3.68. The van der Waals surface area contributed by atoms with E-state index >= 15 is 0 Å². The molecule has 7 heteroatoms. The van der Waals surface area contributed by atoms with Crippen molar-refractivity contribution in [3.63, 3.8) is 0 Å². The number of benzene rings is 1. The molecular weight excluding hydrogens is 323 g/mol. The number of carbonyl (C=O) groups excluding carboxylic acids is 1. The number of nitrogens with one attached hydrogen (secondary N) is 2. The SMILES string of the molecule is COc1ncccc1C1CC(=O)Nc2n[nH]c(-c3ccc(F)cc3)c21. The number of fused-ring (bicyclic) bond motifs is 1. The summed E-state index contributed by atoms with van der Waals surface area (Å²) in [6.07, 6.45) is 1.89. The fourth-order valence-corrected chi connectivity index (χ4v) is 3.20. The van der Waals surface area contributed by atoms with E-state index in [1.54, 1.807) is 25.4 Å². The molecule has 1 aromatic carbocycles. The predicted octanol–water partition coefficient (Wildman–Crippen LogP) is 3.09. The van der Waals surface area contributed by atoms with Gasteiger partial charge in [0.1, 0.15) is 5.82 Å². The van der Waals surface area contributed by atoms with Crippen molar-refractivity contribution in [2.75, 3.05) is 12.4 Å². The van der Waals surface area contributed by atoms with Crippen LogP contribution in [-0.4, -0.2) is 28.2 Å². The molecule has 0 fully saturated rings. The smallest absolute Gasteiger partial charge is 0.226 e. The molecule has 3 heterocycles. The van der Waals surface area contributed by atoms with Crippen LogP contribution in [0.4, 0.5) is 10.2 Å². The summed E-state index contributed by atoms with van der Waals surface area (Å²) < 4.78 is 18.6. The second kappa shape index (κ2) is 6.01. The number of nitrogens with zero attached hydrogens (tertiary/aromatic N) is 2. The molecule has 25 heavy (non-hydrogen) atoms. The lowest BCUT2D eigenvalue weighted by Crippen LogP contribution is -2.23. The molecule has 1 aliphatic heterocycles. The first-order valence-electron chi connectivity index (χ1n) is 7.80. The molecule has 1 unspecified atom stereocenters. The average Bonchev–Trinajstić information content (AvgIpc) is 3.05. The Morgan fingerprint density at radius 2 is 2.04 bits per heavy atom. The maximum atomic E-state index is 13.3. The van der Waals surface area contributed by atoms with Gasteiger partial charge in [-0.3, -0.25) is 9.89 Å². The van der Waals surface area contributed by atoms with Crippen LogP contribution in [0.3, 0.4) is 0 Å². The molecule has 6 nitrogen and oxygen atoms in total. The fraction of sp³-hybridized carbons (Fsp3) is 0.167. The van der Waals surface area contributed by atoms with Gasteiger partial charge < -0.3 is 10.1 Å². The molecule has 0 saturated heterocycles. The molecule has 0 saturated carbocycles. The molecule has 2 N–H and O–H groups in total. The van der Waals surface area contributed by atoms with Crippen molar-refractivity contribution in [1.29, 1.82) is 0 Å². The number of hydrogen-bond donors (Lipinski definition) is 2. The summed E-state index contributed by atoms with van der Waals surface area (Å²) in [5.41, 5.74) is 3.19. The average molecular weight is 338 g/mol. The molecule has 0 aliphatic carbocycles. The number of pyridine rings is 1. The van der Waals surface area contributed by atoms with Crippen LogP contribution < -0.4 is 10.1 Å². The number of aromatic nitrogens is 3. The van der Waals surface area contributed by atoms with Gasteiger partial charge in [0, 0.05) is 35.2 Å². The van der Waals surface area contributed by atoms with E-state index in [1.165, 1.54) is 12.1 Å². The van der Waals surface area contributed by atoms with Gasteiger partial charge in [0.2, 0.25) is 11.8 Å². The van der Waals surface area contributed by atoms with Crippen LogP contribution in [0.15, 0.2) is 42.6 Å². The van der Waals surface area contributed by atoms with Gasteiger partial charge in [0.05, 0.1) is 12.8 Å². The monoisotopic (exact) mass is 338 g/mol. The Balaban J connectivity index is 1.88. The molecule has 3 aromatic rings. The Labute approximate surface area is 143 Å². The third-order valence-electron chi connectivity index (χ3n) is 4.30. The van der Waals surface area contributed by atoms with E-state index in [4.69, 9.17) is 4.74 Å². The third-order valence-corrected chi connectivity index (χ3v) is 4.30. The molecule has 0 spiro atoms. The highest BCUT2D eigenvalue weighted by molar-refractivity contribution is 5.96. The van der Waals surface area contributed by atoms with Gasteiger partial charge in [-0.1, -0.05) is 6.07 Å². The maximum Gasteiger partial charge on any atom is 0.226 e. The molecule has 2 aromatic heterocycles. The Hall–Kier alpha value is -3.22. The molecule has 126 valence electrons. The predicted molar refractivity (Wildman–Crippen MR) is 89.9 cm³/mol. The van der Waals surface area contributed by atoms with E-state index < -0.39 is 0 Å². The Morgan fingerprint density at radius 3 is 2.80 bits per heavy atom. The summed E-state index contributed by atoms with van der Waals surface area (Å²) in [6, 6.07) is 9.84. The lowest BCUT2D eigenvalue weighted by molar-refractivity contribution is -0.116. The second-order valence-corrected chi connectivity index (χ2v) is 5.77. The normalized spacial score (nSPS) is 16.2. The summed E-state index contributed by atoms with van der Waals surface area (Å²) in [4.78, 5) is 16.4. The molecule has 0 radical (unpaired) electrons. The first kappa shape index (κ1) is 15.3. The van der Waals surface area contributed by atoms with E-state index in [0.717, 1.165) is 22.4 Å². The number of amides is 1. The van der Waals surface area contributed by atoms with Crippen LogP contribution in [0.5, 0.6) is 5.88 Å². The standard InChI is InChI=1S/C18H15FN4O2/c1-25-18-12(3-2-8-20-18)13-9-14(24)21-17-15(13)16(22-23-17)10-4-6-11(19)7-5-10/h2-8,13H,9H2,1H3,(H2,21,22,23,24). The lowest BCUT2D eigenvalue weighted by Gasteiger charge is -2.24. The number of methoxy groups -OCH3 is 1. The highest BCUT2D eigenvalue weighted by Crippen LogP contribution is 2.43. The number of ether oxygens (including phenoxy) is 1. The summed E-state index contributed by atoms with van der Waals surface area (Å²) in [5.74, 6) is 0.258. The second-order valence-electron chi connectivity index (χ2n) is 5.77. The minimum absolute atomic E-state index is 0.124. The fourth-order valence-electron chi connectivity index (χ4n) is 3.20. The first-order chi connectivity index (χ1) is 12.2. The van der Waals surface area contributed by atoms with E-state index in [1.807, 2.05) is 12.1 Å². The number of anilines is 1. The first-order valence-corrected chi connectivity index (χ1v) is 7.80. The van der Waals surface area contributed by atoms with E-state index in [-0.39, 0.29) is 24.1 Å². The lowest BCUT2D eigenvalue weighted by atomic mass is 9.85. The maximum absolute atomic E-state index is 13.3. The van der Waals surface area contributed by atoms with Crippen molar-refractivity contribution in [1.82, 2.24) is 15.2 Å². The van der Waals surface area contributed by atoms with Gasteiger partial charge >= 0.3 is 0 Å². The molecule has 1 atom stereocenters. The zero-order chi connectivity index (χ0) is 17.4. The summed E-state index contributed by atoms with van der Waals surface area (Å²) >= 11 is 0. The number of halogens is 1. The zero-order valence-corrected chi connectivity index (χ0v) is 13.4. The highest BCUT2D eigenvalue weighted by atomic mass is 19.1. The summed E-state index contributed by atoms with van der Waals surface area (Å²) in [7, 11) is 1.55. The Bertz CT molecular complexity index is 937. The van der Waals surface area contributed by atoms with Crippen molar-refractivity contribution in [2.24, 2.45) is 0 Å². The third kappa shape index (κ3) is 2.63. The van der Waals surface area contributed by atoms with Crippen molar-refractivity contribution < 1.29 is 13.9 Å². The van der Waals surface area contributed by atoms with Crippen LogP contribution in [0, 0.1) is 5.82 Å². The largest absolute Gasteiger partial charge is 0.481 e. The van der Waals surface area contributed by atoms with E-state index in [2.05, 4.69) is 20.5 Å². The van der Waals surface area contributed by atoms with Gasteiger partial charge in [-0.05, 0) is 30.3 Å². The molecule has 1 amide bonds. The van der Waals surface area contributed by atoms with Gasteiger partial charge in [0.15, 0.2) is 5.82 Å². The van der Waals surface area contributed by atoms with Crippen LogP contribution in [0.1, 0.15) is 23.5 Å². The Morgan fingerprint density at radius 1 is 1.24 bits per heavy atom. The van der Waals surface area contributed by atoms with E-state index in [9.17, 15) is 9.18 Å². The summed E-state index contributed by atoms with van der Waals surface area (Å²) in [5, 5.41) is 9.97. The van der Waals surface area contributed by atoms with Crippen LogP contribution >= 0.6 is 0 Å². The van der Waals surface area contributed by atoms with Crippen LogP contribution in [0.2, 0.25) is 0 Å². The highest BCUT2D eigenvalue weighted by Gasteiger charge is 2.33. The molecular formula is C18H15FN4O2. The number of H-pyrrole nitrogens is 1. The number of hydrogen-bond acceptors (Lipinski definition) is 4. The molecule has 4 rings (SSSR count). The quantitative estimate of drug-likeness (QED) is 0.769. The summed E-state index contributed by atoms with van der Waals surface area (Å²) in [6.45, 7) is 0. The number of carbonyl (C=O) groups is 1. The molecule has 0 bridgehead atoms. The number of rotatable bonds is 3. The number of aromatic amines is 1. The van der Waals surface area contributed by atoms with Gasteiger partial charge in [-0.25, -0.2) is 9.37 Å². The van der Waals surface area contributed by atoms with E-state index in [0.29, 0.717) is 11.7 Å². The van der Waals surface area contributed by atoms with Crippen molar-refractivity contribution in [3.8, 4) is 17.1 Å². The van der Waals surface area contributed by atoms with Gasteiger partial charge in [0.25, 0.3) is 0 Å². The van der Waals surface area contributed by atoms with Gasteiger partial charge in [-0.2, -0.15) is 5.10 Å². The molecule has 1 aliphatic rings. The van der Waals surface area contributed by atoms with Crippen LogP contribution in [0.25, 0.3) is 11.3 Å². The zero-order valence-electron chi connectivity index (χ0n) is 13.4. The van der Waals surface area contributed by atoms with Crippen LogP contribution in [-0.2, 0) is 4.79 Å². The van der Waals surface area contributed by atoms with Crippen molar-refractivity contribution in [2.45, 2.75) is 12.3 Å². The minimum atomic E-state index is -0.309.